The van der Waals surface area contributed by atoms with E-state index in [9.17, 15) is 15.0 Å². The Morgan fingerprint density at radius 3 is 2.27 bits per heavy atom. The molecular weight excluding hydrogens is 408 g/mol. The first-order chi connectivity index (χ1) is 15.3. The molecule has 0 aromatic rings. The normalized spacial score (nSPS) is 55.3. The van der Waals surface area contributed by atoms with Gasteiger partial charge in [0.05, 0.1) is 11.5 Å². The van der Waals surface area contributed by atoms with E-state index in [2.05, 4.69) is 54.5 Å². The van der Waals surface area contributed by atoms with Gasteiger partial charge >= 0.3 is 5.97 Å². The average molecular weight is 457 g/mol. The first-order valence-electron chi connectivity index (χ1n) is 13.9. The number of aliphatic hydroxyl groups is 1. The Morgan fingerprint density at radius 1 is 0.909 bits per heavy atom. The number of rotatable bonds is 1. The van der Waals surface area contributed by atoms with Crippen molar-refractivity contribution in [2.24, 2.45) is 56.7 Å². The van der Waals surface area contributed by atoms with Crippen molar-refractivity contribution in [3.63, 3.8) is 0 Å². The van der Waals surface area contributed by atoms with Gasteiger partial charge in [-0.15, -0.1) is 0 Å². The van der Waals surface area contributed by atoms with Crippen LogP contribution < -0.4 is 0 Å². The van der Waals surface area contributed by atoms with E-state index in [0.717, 1.165) is 44.9 Å². The molecule has 0 aromatic carbocycles. The molecule has 0 radical (unpaired) electrons. The number of hydrogen-bond acceptors (Lipinski definition) is 2. The van der Waals surface area contributed by atoms with E-state index in [1.54, 1.807) is 0 Å². The Labute approximate surface area is 201 Å². The molecule has 4 fully saturated rings. The summed E-state index contributed by atoms with van der Waals surface area (Å²) in [7, 11) is 0. The zero-order valence-corrected chi connectivity index (χ0v) is 22.2. The van der Waals surface area contributed by atoms with E-state index in [1.807, 2.05) is 0 Å². The molecule has 33 heavy (non-hydrogen) atoms. The number of carbonyl (C=O) groups is 1. The summed E-state index contributed by atoms with van der Waals surface area (Å²) in [6.45, 7) is 17.0. The van der Waals surface area contributed by atoms with Crippen LogP contribution in [0.2, 0.25) is 0 Å². The second-order valence-electron chi connectivity index (χ2n) is 14.5. The van der Waals surface area contributed by atoms with Crippen LogP contribution in [0.15, 0.2) is 11.6 Å². The summed E-state index contributed by atoms with van der Waals surface area (Å²) in [4.78, 5) is 12.8. The molecule has 0 spiro atoms. The van der Waals surface area contributed by atoms with E-state index in [0.29, 0.717) is 23.7 Å². The molecule has 4 saturated carbocycles. The lowest BCUT2D eigenvalue weighted by Crippen LogP contribution is -2.65. The van der Waals surface area contributed by atoms with Crippen molar-refractivity contribution in [3.8, 4) is 0 Å². The average Bonchev–Trinajstić information content (AvgIpc) is 2.74. The topological polar surface area (TPSA) is 57.5 Å². The highest BCUT2D eigenvalue weighted by Gasteiger charge is 2.69. The van der Waals surface area contributed by atoms with Gasteiger partial charge in [0, 0.05) is 0 Å². The number of fused-ring (bicyclic) bond motifs is 7. The summed E-state index contributed by atoms with van der Waals surface area (Å²) in [5.41, 5.74) is 1.46. The van der Waals surface area contributed by atoms with Gasteiger partial charge in [-0.2, -0.15) is 0 Å². The molecule has 186 valence electrons. The highest BCUT2D eigenvalue weighted by atomic mass is 16.4. The number of allylic oxidation sites excluding steroid dienone is 2. The molecule has 5 aliphatic rings. The Bertz CT molecular complexity index is 874. The van der Waals surface area contributed by atoms with Crippen molar-refractivity contribution in [1.82, 2.24) is 0 Å². The molecule has 5 rings (SSSR count). The van der Waals surface area contributed by atoms with Crippen molar-refractivity contribution in [3.05, 3.63) is 11.6 Å². The molecule has 0 bridgehead atoms. The van der Waals surface area contributed by atoms with Crippen LogP contribution in [0, 0.1) is 56.7 Å². The summed E-state index contributed by atoms with van der Waals surface area (Å²) in [6, 6.07) is 0. The van der Waals surface area contributed by atoms with E-state index in [1.165, 1.54) is 18.4 Å². The fourth-order valence-electron chi connectivity index (χ4n) is 10.8. The number of aliphatic carboxylic acids is 1. The first-order valence-corrected chi connectivity index (χ1v) is 13.9. The Kier molecular flexibility index (Phi) is 5.15. The summed E-state index contributed by atoms with van der Waals surface area (Å²) < 4.78 is 0. The summed E-state index contributed by atoms with van der Waals surface area (Å²) in [6.07, 6.45) is 11.6. The summed E-state index contributed by atoms with van der Waals surface area (Å²) in [5.74, 6) is 1.82. The number of carboxylic acids is 1. The van der Waals surface area contributed by atoms with E-state index < -0.39 is 11.4 Å². The molecule has 3 nitrogen and oxygen atoms in total. The smallest absolute Gasteiger partial charge is 0.310 e. The fraction of sp³-hybridized carbons (Fsp3) is 0.900. The molecule has 3 heteroatoms. The third-order valence-electron chi connectivity index (χ3n) is 13.4. The Hall–Kier alpha value is -0.830. The second kappa shape index (κ2) is 7.11. The van der Waals surface area contributed by atoms with Gasteiger partial charge in [-0.25, -0.2) is 0 Å². The number of carboxylic acid groups (broad SMARTS) is 1. The van der Waals surface area contributed by atoms with Crippen molar-refractivity contribution >= 4 is 5.97 Å². The van der Waals surface area contributed by atoms with Gasteiger partial charge in [0.15, 0.2) is 0 Å². The quantitative estimate of drug-likeness (QED) is 0.414. The van der Waals surface area contributed by atoms with Gasteiger partial charge in [-0.05, 0) is 109 Å². The minimum absolute atomic E-state index is 0.0302. The minimum Gasteiger partial charge on any atom is -0.481 e. The first kappa shape index (κ1) is 23.9. The van der Waals surface area contributed by atoms with E-state index in [-0.39, 0.29) is 33.7 Å². The van der Waals surface area contributed by atoms with Gasteiger partial charge in [0.2, 0.25) is 0 Å². The molecular formula is C30H48O3. The minimum atomic E-state index is -0.557. The highest BCUT2D eigenvalue weighted by Crippen LogP contribution is 2.75. The van der Waals surface area contributed by atoms with Crippen molar-refractivity contribution in [2.75, 3.05) is 0 Å². The summed E-state index contributed by atoms with van der Waals surface area (Å²) >= 11 is 0. The van der Waals surface area contributed by atoms with Gasteiger partial charge in [-0.1, -0.05) is 60.1 Å². The molecule has 0 aliphatic heterocycles. The zero-order valence-electron chi connectivity index (χ0n) is 22.2. The Morgan fingerprint density at radius 2 is 1.61 bits per heavy atom. The SMILES string of the molecule is C[C@H]1[C@H]2C3=CC[C@@H]4[C@@]5(C)CC[C@H](O)C(C)(C)[C@@H]5CC[C@@]4(C)[C@]3(C)CC[C@@]2(C(=O)O)CC[C@@H]1C. The molecule has 0 unspecified atom stereocenters. The van der Waals surface area contributed by atoms with Crippen LogP contribution in [0.3, 0.4) is 0 Å². The predicted octanol–water partition coefficient (Wildman–Crippen LogP) is 7.09. The maximum absolute atomic E-state index is 12.8. The van der Waals surface area contributed by atoms with Crippen LogP contribution in [0.1, 0.15) is 106 Å². The summed E-state index contributed by atoms with van der Waals surface area (Å²) in [5, 5.41) is 21.4. The third kappa shape index (κ3) is 2.75. The monoisotopic (exact) mass is 456 g/mol. The number of aliphatic hydroxyl groups excluding tert-OH is 1. The number of hydrogen-bond donors (Lipinski definition) is 2. The van der Waals surface area contributed by atoms with Crippen molar-refractivity contribution < 1.29 is 15.0 Å². The lowest BCUT2D eigenvalue weighted by molar-refractivity contribution is -0.206. The largest absolute Gasteiger partial charge is 0.481 e. The molecule has 0 amide bonds. The molecule has 5 aliphatic carbocycles. The van der Waals surface area contributed by atoms with Crippen LogP contribution in [0.4, 0.5) is 0 Å². The van der Waals surface area contributed by atoms with Crippen molar-refractivity contribution in [1.29, 1.82) is 0 Å². The zero-order chi connectivity index (χ0) is 24.2. The molecule has 0 heterocycles. The molecule has 0 aromatic heterocycles. The predicted molar refractivity (Wildman–Crippen MR) is 133 cm³/mol. The van der Waals surface area contributed by atoms with Crippen LogP contribution >= 0.6 is 0 Å². The molecule has 2 N–H and O–H groups in total. The van der Waals surface area contributed by atoms with Gasteiger partial charge in [0.1, 0.15) is 0 Å². The molecule has 0 saturated heterocycles. The van der Waals surface area contributed by atoms with Gasteiger partial charge in [0.25, 0.3) is 0 Å². The second-order valence-corrected chi connectivity index (χ2v) is 14.5. The third-order valence-corrected chi connectivity index (χ3v) is 13.4. The highest BCUT2D eigenvalue weighted by molar-refractivity contribution is 5.76. The van der Waals surface area contributed by atoms with Crippen molar-refractivity contribution in [2.45, 2.75) is 112 Å². The van der Waals surface area contributed by atoms with Crippen LogP contribution in [0.25, 0.3) is 0 Å². The Balaban J connectivity index is 1.61. The van der Waals surface area contributed by atoms with Gasteiger partial charge in [-0.3, -0.25) is 4.79 Å². The van der Waals surface area contributed by atoms with E-state index in [4.69, 9.17) is 0 Å². The fourth-order valence-corrected chi connectivity index (χ4v) is 10.8. The lowest BCUT2D eigenvalue weighted by Gasteiger charge is -2.71. The molecule has 10 atom stereocenters. The lowest BCUT2D eigenvalue weighted by atomic mass is 9.33. The van der Waals surface area contributed by atoms with Crippen LogP contribution in [-0.4, -0.2) is 22.3 Å². The maximum atomic E-state index is 12.8. The van der Waals surface area contributed by atoms with Crippen LogP contribution in [0.5, 0.6) is 0 Å². The standard InChI is InChI=1S/C30H48O3/c1-18-10-15-30(25(32)33)17-16-28(6)20(24(30)19(18)2)8-9-22-27(5)13-12-23(31)26(3,4)21(27)11-14-29(22,28)7/h8,18-19,21-24,31H,9-17H2,1-7H3,(H,32,33)/t18-,19+,21-,22+,23-,24-,27-,28+,29+,30-/m0/s1. The van der Waals surface area contributed by atoms with E-state index >= 15 is 0 Å². The van der Waals surface area contributed by atoms with Gasteiger partial charge < -0.3 is 10.2 Å². The van der Waals surface area contributed by atoms with Crippen LogP contribution in [-0.2, 0) is 4.79 Å². The maximum Gasteiger partial charge on any atom is 0.310 e.